The lowest BCUT2D eigenvalue weighted by Gasteiger charge is -2.28. The Morgan fingerprint density at radius 3 is 2.36 bits per heavy atom. The third-order valence-corrected chi connectivity index (χ3v) is 8.34. The van der Waals surface area contributed by atoms with E-state index in [4.69, 9.17) is 21.1 Å². The fourth-order valence-electron chi connectivity index (χ4n) is 3.74. The number of halogens is 2. The minimum absolute atomic E-state index is 0.161. The minimum Gasteiger partial charge on any atom is -0.492 e. The van der Waals surface area contributed by atoms with Crippen LogP contribution in [0.1, 0.15) is 31.9 Å². The Labute approximate surface area is 221 Å². The number of thioether (sulfide) groups is 1. The van der Waals surface area contributed by atoms with E-state index in [-0.39, 0.29) is 5.41 Å². The molecule has 0 aliphatic carbocycles. The number of rotatable bonds is 11. The lowest BCUT2D eigenvalue weighted by atomic mass is 9.78. The molecule has 1 saturated heterocycles. The van der Waals surface area contributed by atoms with Gasteiger partial charge in [-0.3, -0.25) is 4.90 Å². The molecule has 1 N–H and O–H groups in total. The standard InChI is InChI=1S/C26H35ClINO3S/c1-19(15-27)17-32-25-9-6-21(14-24(25)28)26(2,3)20-4-7-23(8-5-20)31-18-22(30)16-29-10-12-33-13-11-29/h4-9,14,19,22,30H,10-13,15-18H2,1-3H3/t19-,22-/m1/s1. The van der Waals surface area contributed by atoms with Crippen LogP contribution in [-0.4, -0.2) is 66.3 Å². The molecule has 33 heavy (non-hydrogen) atoms. The van der Waals surface area contributed by atoms with E-state index in [1.54, 1.807) is 0 Å². The molecule has 1 aliphatic rings. The molecule has 0 unspecified atom stereocenters. The van der Waals surface area contributed by atoms with E-state index >= 15 is 0 Å². The highest BCUT2D eigenvalue weighted by Gasteiger charge is 2.24. The molecule has 0 saturated carbocycles. The van der Waals surface area contributed by atoms with Crippen molar-refractivity contribution in [2.45, 2.75) is 32.3 Å². The number of β-amino-alcohol motifs (C(OH)–C–C–N with tert-alkyl or cyclic N) is 1. The molecule has 1 aliphatic heterocycles. The van der Waals surface area contributed by atoms with Gasteiger partial charge in [0, 0.05) is 48.4 Å². The summed E-state index contributed by atoms with van der Waals surface area (Å²) >= 11 is 10.2. The second-order valence-electron chi connectivity index (χ2n) is 9.24. The molecular weight excluding hydrogens is 569 g/mol. The van der Waals surface area contributed by atoms with E-state index < -0.39 is 6.10 Å². The van der Waals surface area contributed by atoms with Crippen molar-refractivity contribution in [3.8, 4) is 11.5 Å². The van der Waals surface area contributed by atoms with Crippen molar-refractivity contribution in [3.05, 3.63) is 57.2 Å². The maximum absolute atomic E-state index is 10.3. The molecule has 0 bridgehead atoms. The quantitative estimate of drug-likeness (QED) is 0.265. The Balaban J connectivity index is 1.57. The van der Waals surface area contributed by atoms with Crippen LogP contribution in [0.2, 0.25) is 0 Å². The average molecular weight is 604 g/mol. The first kappa shape index (κ1) is 26.9. The largest absolute Gasteiger partial charge is 0.492 e. The predicted molar refractivity (Wildman–Crippen MR) is 148 cm³/mol. The Morgan fingerprint density at radius 2 is 1.73 bits per heavy atom. The zero-order valence-electron chi connectivity index (χ0n) is 19.7. The van der Waals surface area contributed by atoms with Crippen molar-refractivity contribution in [1.29, 1.82) is 0 Å². The maximum Gasteiger partial charge on any atom is 0.132 e. The van der Waals surface area contributed by atoms with Crippen LogP contribution in [-0.2, 0) is 5.41 Å². The Hall–Kier alpha value is -0.670. The molecule has 0 aromatic heterocycles. The van der Waals surface area contributed by atoms with Crippen LogP contribution in [0.25, 0.3) is 0 Å². The molecule has 0 spiro atoms. The topological polar surface area (TPSA) is 41.9 Å². The van der Waals surface area contributed by atoms with Gasteiger partial charge in [-0.25, -0.2) is 0 Å². The average Bonchev–Trinajstić information content (AvgIpc) is 2.82. The molecule has 4 nitrogen and oxygen atoms in total. The number of hydrogen-bond donors (Lipinski definition) is 1. The number of benzene rings is 2. The lowest BCUT2D eigenvalue weighted by Crippen LogP contribution is -2.40. The van der Waals surface area contributed by atoms with Gasteiger partial charge < -0.3 is 14.6 Å². The second kappa shape index (κ2) is 12.9. The van der Waals surface area contributed by atoms with Gasteiger partial charge in [-0.1, -0.05) is 39.0 Å². The molecule has 3 rings (SSSR count). The first-order chi connectivity index (χ1) is 15.8. The molecule has 7 heteroatoms. The summed E-state index contributed by atoms with van der Waals surface area (Å²) in [6.45, 7) is 10.2. The number of aliphatic hydroxyl groups is 1. The van der Waals surface area contributed by atoms with E-state index in [1.165, 1.54) is 11.1 Å². The number of nitrogens with zero attached hydrogens (tertiary/aromatic N) is 1. The zero-order chi connectivity index (χ0) is 23.8. The normalized spacial score (nSPS) is 16.9. The van der Waals surface area contributed by atoms with Gasteiger partial charge in [0.05, 0.1) is 10.2 Å². The van der Waals surface area contributed by atoms with Crippen LogP contribution >= 0.6 is 46.0 Å². The maximum atomic E-state index is 10.3. The number of aliphatic hydroxyl groups excluding tert-OH is 1. The molecule has 0 radical (unpaired) electrons. The highest BCUT2D eigenvalue weighted by atomic mass is 127. The highest BCUT2D eigenvalue weighted by Crippen LogP contribution is 2.35. The van der Waals surface area contributed by atoms with Crippen molar-refractivity contribution in [3.63, 3.8) is 0 Å². The van der Waals surface area contributed by atoms with E-state index in [2.05, 4.69) is 78.6 Å². The van der Waals surface area contributed by atoms with Crippen LogP contribution in [0.5, 0.6) is 11.5 Å². The van der Waals surface area contributed by atoms with Crippen molar-refractivity contribution in [2.24, 2.45) is 5.92 Å². The zero-order valence-corrected chi connectivity index (χ0v) is 23.5. The Morgan fingerprint density at radius 1 is 1.06 bits per heavy atom. The van der Waals surface area contributed by atoms with E-state index in [9.17, 15) is 5.11 Å². The van der Waals surface area contributed by atoms with Crippen LogP contribution in [0.3, 0.4) is 0 Å². The molecular formula is C26H35ClINO3S. The summed E-state index contributed by atoms with van der Waals surface area (Å²) in [7, 11) is 0. The van der Waals surface area contributed by atoms with Gasteiger partial charge in [0.1, 0.15) is 24.2 Å². The van der Waals surface area contributed by atoms with Gasteiger partial charge >= 0.3 is 0 Å². The van der Waals surface area contributed by atoms with Gasteiger partial charge in [-0.05, 0) is 58.0 Å². The Kier molecular flexibility index (Phi) is 10.5. The molecule has 1 fully saturated rings. The fraction of sp³-hybridized carbons (Fsp3) is 0.538. The predicted octanol–water partition coefficient (Wildman–Crippen LogP) is 5.66. The molecule has 2 aromatic carbocycles. The number of ether oxygens (including phenoxy) is 2. The molecule has 2 aromatic rings. The summed E-state index contributed by atoms with van der Waals surface area (Å²) in [4.78, 5) is 2.31. The third-order valence-electron chi connectivity index (χ3n) is 6.03. The Bertz CT molecular complexity index is 874. The SMILES string of the molecule is C[C@H](CCl)COc1ccc(C(C)(C)c2ccc(OC[C@H](O)CN3CCSCC3)cc2)cc1I. The fourth-order valence-corrected chi connectivity index (χ4v) is 5.48. The van der Waals surface area contributed by atoms with E-state index in [0.717, 1.165) is 39.7 Å². The lowest BCUT2D eigenvalue weighted by molar-refractivity contribution is 0.0715. The molecule has 2 atom stereocenters. The third kappa shape index (κ3) is 7.92. The van der Waals surface area contributed by atoms with Gasteiger partial charge in [0.2, 0.25) is 0 Å². The van der Waals surface area contributed by atoms with Crippen LogP contribution < -0.4 is 9.47 Å². The van der Waals surface area contributed by atoms with Crippen LogP contribution in [0, 0.1) is 9.49 Å². The molecule has 182 valence electrons. The summed E-state index contributed by atoms with van der Waals surface area (Å²) in [5.74, 6) is 4.90. The van der Waals surface area contributed by atoms with Gasteiger partial charge in [0.25, 0.3) is 0 Å². The molecule has 1 heterocycles. The first-order valence-corrected chi connectivity index (χ1v) is 14.3. The summed E-state index contributed by atoms with van der Waals surface area (Å²) in [6.07, 6.45) is -0.473. The smallest absolute Gasteiger partial charge is 0.132 e. The van der Waals surface area contributed by atoms with Crippen LogP contribution in [0.15, 0.2) is 42.5 Å². The summed E-state index contributed by atoms with van der Waals surface area (Å²) in [5.41, 5.74) is 2.28. The van der Waals surface area contributed by atoms with E-state index in [0.29, 0.717) is 31.6 Å². The number of hydrogen-bond acceptors (Lipinski definition) is 5. The summed E-state index contributed by atoms with van der Waals surface area (Å²) < 4.78 is 12.9. The summed E-state index contributed by atoms with van der Waals surface area (Å²) in [5, 5.41) is 10.3. The molecule has 0 amide bonds. The van der Waals surface area contributed by atoms with Crippen LogP contribution in [0.4, 0.5) is 0 Å². The van der Waals surface area contributed by atoms with Crippen molar-refractivity contribution < 1.29 is 14.6 Å². The van der Waals surface area contributed by atoms with Crippen molar-refractivity contribution in [1.82, 2.24) is 4.90 Å². The minimum atomic E-state index is -0.473. The van der Waals surface area contributed by atoms with E-state index in [1.807, 2.05) is 23.9 Å². The van der Waals surface area contributed by atoms with Gasteiger partial charge in [-0.2, -0.15) is 11.8 Å². The monoisotopic (exact) mass is 603 g/mol. The second-order valence-corrected chi connectivity index (χ2v) is 11.9. The first-order valence-electron chi connectivity index (χ1n) is 11.5. The highest BCUT2D eigenvalue weighted by molar-refractivity contribution is 14.1. The van der Waals surface area contributed by atoms with Gasteiger partial charge in [0.15, 0.2) is 0 Å². The van der Waals surface area contributed by atoms with Crippen molar-refractivity contribution in [2.75, 3.05) is 50.2 Å². The summed E-state index contributed by atoms with van der Waals surface area (Å²) in [6, 6.07) is 14.6. The van der Waals surface area contributed by atoms with Gasteiger partial charge in [-0.15, -0.1) is 11.6 Å². The number of alkyl halides is 1. The van der Waals surface area contributed by atoms with Crippen molar-refractivity contribution >= 4 is 46.0 Å².